The molecule has 0 aliphatic heterocycles. The second-order valence-electron chi connectivity index (χ2n) is 5.60. The van der Waals surface area contributed by atoms with Gasteiger partial charge in [0.05, 0.1) is 11.2 Å². The third kappa shape index (κ3) is 3.21. The van der Waals surface area contributed by atoms with Gasteiger partial charge in [0.15, 0.2) is 0 Å². The zero-order valence-corrected chi connectivity index (χ0v) is 13.5. The lowest BCUT2D eigenvalue weighted by atomic mass is 9.98. The average molecular weight is 349 g/mol. The van der Waals surface area contributed by atoms with E-state index in [1.54, 1.807) is 24.5 Å². The van der Waals surface area contributed by atoms with Crippen molar-refractivity contribution >= 4 is 10.9 Å². The Morgan fingerprint density at radius 2 is 1.81 bits per heavy atom. The van der Waals surface area contributed by atoms with Crippen LogP contribution in [-0.2, 0) is 0 Å². The number of pyridine rings is 1. The summed E-state index contributed by atoms with van der Waals surface area (Å²) in [6.07, 6.45) is 4.93. The fourth-order valence-electron chi connectivity index (χ4n) is 2.84. The van der Waals surface area contributed by atoms with Crippen molar-refractivity contribution in [3.05, 3.63) is 73.3 Å². The third-order valence-corrected chi connectivity index (χ3v) is 3.96. The summed E-state index contributed by atoms with van der Waals surface area (Å²) >= 11 is 0. The minimum absolute atomic E-state index is 0.0982. The smallest absolute Gasteiger partial charge is 0.387 e. The predicted octanol–water partition coefficient (Wildman–Crippen LogP) is 4.96. The summed E-state index contributed by atoms with van der Waals surface area (Å²) in [5.74, 6) is 0.0982. The molecule has 4 rings (SSSR count). The van der Waals surface area contributed by atoms with Crippen molar-refractivity contribution in [1.82, 2.24) is 15.0 Å². The second-order valence-corrected chi connectivity index (χ2v) is 5.60. The van der Waals surface area contributed by atoms with Gasteiger partial charge < -0.3 is 4.74 Å². The minimum Gasteiger partial charge on any atom is -0.435 e. The average Bonchev–Trinajstić information content (AvgIpc) is 2.67. The molecule has 2 aromatic heterocycles. The largest absolute Gasteiger partial charge is 0.435 e. The van der Waals surface area contributed by atoms with E-state index >= 15 is 0 Å². The van der Waals surface area contributed by atoms with Crippen molar-refractivity contribution in [2.24, 2.45) is 0 Å². The van der Waals surface area contributed by atoms with E-state index in [0.29, 0.717) is 11.3 Å². The molecule has 4 aromatic rings. The summed E-state index contributed by atoms with van der Waals surface area (Å²) < 4.78 is 29.5. The van der Waals surface area contributed by atoms with Crippen LogP contribution in [0.3, 0.4) is 0 Å². The topological polar surface area (TPSA) is 47.9 Å². The van der Waals surface area contributed by atoms with Gasteiger partial charge >= 0.3 is 6.61 Å². The molecule has 0 aliphatic carbocycles. The first-order chi connectivity index (χ1) is 12.7. The van der Waals surface area contributed by atoms with Crippen LogP contribution in [0.5, 0.6) is 5.75 Å². The van der Waals surface area contributed by atoms with Gasteiger partial charge in [0.25, 0.3) is 0 Å². The molecule has 2 heterocycles. The Labute approximate surface area is 148 Å². The van der Waals surface area contributed by atoms with Crippen LogP contribution in [-0.4, -0.2) is 21.6 Å². The van der Waals surface area contributed by atoms with Crippen molar-refractivity contribution in [2.45, 2.75) is 6.61 Å². The van der Waals surface area contributed by atoms with Crippen LogP contribution in [0.1, 0.15) is 0 Å². The van der Waals surface area contributed by atoms with Crippen LogP contribution in [0.15, 0.2) is 73.3 Å². The van der Waals surface area contributed by atoms with Gasteiger partial charge in [-0.1, -0.05) is 24.3 Å². The minimum atomic E-state index is -2.87. The monoisotopic (exact) mass is 349 g/mol. The number of halogens is 2. The molecule has 0 radical (unpaired) electrons. The van der Waals surface area contributed by atoms with Crippen LogP contribution in [0, 0.1) is 0 Å². The molecule has 0 unspecified atom stereocenters. The number of nitrogens with zero attached hydrogens (tertiary/aromatic N) is 3. The van der Waals surface area contributed by atoms with E-state index in [4.69, 9.17) is 0 Å². The summed E-state index contributed by atoms with van der Waals surface area (Å²) in [4.78, 5) is 12.7. The van der Waals surface area contributed by atoms with Gasteiger partial charge in [-0.05, 0) is 35.9 Å². The van der Waals surface area contributed by atoms with Gasteiger partial charge in [-0.3, -0.25) is 4.98 Å². The predicted molar refractivity (Wildman–Crippen MR) is 94.8 cm³/mol. The summed E-state index contributed by atoms with van der Waals surface area (Å²) in [7, 11) is 0. The molecule has 0 N–H and O–H groups in total. The van der Waals surface area contributed by atoms with Crippen molar-refractivity contribution in [3.8, 4) is 28.1 Å². The van der Waals surface area contributed by atoms with Gasteiger partial charge in [0, 0.05) is 28.9 Å². The standard InChI is InChI=1S/C20H13F2N3O/c21-20(22)26-16-4-1-3-14(10-16)19-17(5-2-8-24-19)13-6-7-18-15(9-13)11-23-12-25-18/h1-12,20H. The van der Waals surface area contributed by atoms with Crippen LogP contribution in [0.4, 0.5) is 8.78 Å². The fourth-order valence-corrected chi connectivity index (χ4v) is 2.84. The summed E-state index contributed by atoms with van der Waals surface area (Å²) in [6.45, 7) is -2.87. The molecule has 0 saturated carbocycles. The van der Waals surface area contributed by atoms with Gasteiger partial charge in [-0.2, -0.15) is 8.78 Å². The Morgan fingerprint density at radius 3 is 2.69 bits per heavy atom. The Hall–Kier alpha value is -3.41. The molecule has 0 saturated heterocycles. The molecule has 0 amide bonds. The normalized spacial score (nSPS) is 11.0. The quantitative estimate of drug-likeness (QED) is 0.522. The SMILES string of the molecule is FC(F)Oc1cccc(-c2ncccc2-c2ccc3ncncc3c2)c1. The highest BCUT2D eigenvalue weighted by molar-refractivity contribution is 5.88. The van der Waals surface area contributed by atoms with Crippen LogP contribution < -0.4 is 4.74 Å². The maximum Gasteiger partial charge on any atom is 0.387 e. The van der Waals surface area contributed by atoms with Crippen molar-refractivity contribution in [2.75, 3.05) is 0 Å². The molecule has 0 fully saturated rings. The van der Waals surface area contributed by atoms with E-state index < -0.39 is 6.61 Å². The van der Waals surface area contributed by atoms with E-state index in [2.05, 4.69) is 19.7 Å². The van der Waals surface area contributed by atoms with Crippen LogP contribution >= 0.6 is 0 Å². The zero-order chi connectivity index (χ0) is 17.9. The lowest BCUT2D eigenvalue weighted by Gasteiger charge is -2.11. The lowest BCUT2D eigenvalue weighted by Crippen LogP contribution is -2.01. The highest BCUT2D eigenvalue weighted by Gasteiger charge is 2.11. The first kappa shape index (κ1) is 16.1. The molecular weight excluding hydrogens is 336 g/mol. The molecule has 6 heteroatoms. The number of hydrogen-bond acceptors (Lipinski definition) is 4. The molecule has 4 nitrogen and oxygen atoms in total. The Kier molecular flexibility index (Phi) is 4.23. The van der Waals surface area contributed by atoms with E-state index in [-0.39, 0.29) is 5.75 Å². The lowest BCUT2D eigenvalue weighted by molar-refractivity contribution is -0.0498. The van der Waals surface area contributed by atoms with Crippen molar-refractivity contribution in [1.29, 1.82) is 0 Å². The molecule has 0 bridgehead atoms. The summed E-state index contributed by atoms with van der Waals surface area (Å²) in [6, 6.07) is 16.2. The number of fused-ring (bicyclic) bond motifs is 1. The number of ether oxygens (including phenoxy) is 1. The Bertz CT molecular complexity index is 1070. The molecule has 0 spiro atoms. The highest BCUT2D eigenvalue weighted by atomic mass is 19.3. The Morgan fingerprint density at radius 1 is 0.885 bits per heavy atom. The highest BCUT2D eigenvalue weighted by Crippen LogP contribution is 2.33. The van der Waals surface area contributed by atoms with Gasteiger partial charge in [-0.25, -0.2) is 9.97 Å². The van der Waals surface area contributed by atoms with Gasteiger partial charge in [0.1, 0.15) is 12.1 Å². The molecule has 26 heavy (non-hydrogen) atoms. The maximum atomic E-state index is 12.5. The number of aromatic nitrogens is 3. The maximum absolute atomic E-state index is 12.5. The van der Waals surface area contributed by atoms with Gasteiger partial charge in [-0.15, -0.1) is 0 Å². The van der Waals surface area contributed by atoms with Gasteiger partial charge in [0.2, 0.25) is 0 Å². The number of benzene rings is 2. The fraction of sp³-hybridized carbons (Fsp3) is 0.0500. The summed E-state index contributed by atoms with van der Waals surface area (Å²) in [5.41, 5.74) is 4.05. The number of rotatable bonds is 4. The number of alkyl halides is 2. The molecule has 128 valence electrons. The van der Waals surface area contributed by atoms with Crippen LogP contribution in [0.25, 0.3) is 33.3 Å². The third-order valence-electron chi connectivity index (χ3n) is 3.96. The van der Waals surface area contributed by atoms with E-state index in [1.165, 1.54) is 12.4 Å². The molecule has 0 atom stereocenters. The molecule has 2 aromatic carbocycles. The molecule has 0 aliphatic rings. The van der Waals surface area contributed by atoms with E-state index in [1.807, 2.05) is 36.4 Å². The summed E-state index contributed by atoms with van der Waals surface area (Å²) in [5, 5.41) is 0.912. The van der Waals surface area contributed by atoms with Crippen LogP contribution in [0.2, 0.25) is 0 Å². The van der Waals surface area contributed by atoms with E-state index in [0.717, 1.165) is 22.0 Å². The van der Waals surface area contributed by atoms with Crippen molar-refractivity contribution in [3.63, 3.8) is 0 Å². The van der Waals surface area contributed by atoms with Crippen molar-refractivity contribution < 1.29 is 13.5 Å². The second kappa shape index (κ2) is 6.84. The Balaban J connectivity index is 1.82. The van der Waals surface area contributed by atoms with E-state index in [9.17, 15) is 8.78 Å². The first-order valence-electron chi connectivity index (χ1n) is 7.91. The zero-order valence-electron chi connectivity index (χ0n) is 13.5. The molecular formula is C20H13F2N3O. The first-order valence-corrected chi connectivity index (χ1v) is 7.91. The number of hydrogen-bond donors (Lipinski definition) is 0.